The number of hydrogen-bond donors (Lipinski definition) is 2. The number of halogens is 1. The third-order valence-corrected chi connectivity index (χ3v) is 5.10. The molecule has 0 saturated heterocycles. The Hall–Kier alpha value is -3.13. The summed E-state index contributed by atoms with van der Waals surface area (Å²) in [6.45, 7) is 11.1. The molecule has 2 heterocycles. The number of hydrogen-bond acceptors (Lipinski definition) is 5. The number of carbonyl (C=O) groups excluding carboxylic acids is 2. The molecule has 8 nitrogen and oxygen atoms in total. The van der Waals surface area contributed by atoms with Crippen molar-refractivity contribution in [1.29, 1.82) is 0 Å². The number of benzene rings is 1. The normalized spacial score (nSPS) is 12.1. The molecular weight excluding hydrogens is 418 g/mol. The smallest absolute Gasteiger partial charge is 0.279 e. The van der Waals surface area contributed by atoms with Gasteiger partial charge in [-0.1, -0.05) is 11.6 Å². The summed E-state index contributed by atoms with van der Waals surface area (Å²) in [5.41, 5.74) is 8.10. The lowest BCUT2D eigenvalue weighted by Gasteiger charge is -2.18. The minimum Gasteiger partial charge on any atom is -0.480 e. The van der Waals surface area contributed by atoms with Crippen LogP contribution in [0, 0.1) is 20.8 Å². The average molecular weight is 444 g/mol. The zero-order valence-corrected chi connectivity index (χ0v) is 19.2. The van der Waals surface area contributed by atoms with Crippen LogP contribution in [0.1, 0.15) is 54.0 Å². The molecule has 2 aromatic heterocycles. The van der Waals surface area contributed by atoms with Gasteiger partial charge >= 0.3 is 0 Å². The highest BCUT2D eigenvalue weighted by Gasteiger charge is 2.20. The minimum absolute atomic E-state index is 0.151. The van der Waals surface area contributed by atoms with Crippen LogP contribution >= 0.6 is 11.6 Å². The first-order chi connectivity index (χ1) is 14.6. The number of aryl methyl sites for hydroxylation is 3. The Morgan fingerprint density at radius 3 is 2.32 bits per heavy atom. The summed E-state index contributed by atoms with van der Waals surface area (Å²) < 4.78 is 7.59. The molecule has 2 N–H and O–H groups in total. The molecule has 1 aromatic carbocycles. The summed E-state index contributed by atoms with van der Waals surface area (Å²) in [6, 6.07) is 5.40. The zero-order valence-electron chi connectivity index (χ0n) is 18.4. The molecule has 9 heteroatoms. The van der Waals surface area contributed by atoms with Crippen LogP contribution in [-0.2, 0) is 4.79 Å². The van der Waals surface area contributed by atoms with Crippen molar-refractivity contribution in [1.82, 2.24) is 25.6 Å². The van der Waals surface area contributed by atoms with Crippen molar-refractivity contribution in [2.24, 2.45) is 0 Å². The van der Waals surface area contributed by atoms with E-state index >= 15 is 0 Å². The van der Waals surface area contributed by atoms with Crippen LogP contribution in [-0.4, -0.2) is 32.7 Å². The van der Waals surface area contributed by atoms with E-state index in [-0.39, 0.29) is 6.04 Å². The third-order valence-electron chi connectivity index (χ3n) is 4.88. The largest absolute Gasteiger partial charge is 0.480 e. The lowest BCUT2D eigenvalue weighted by molar-refractivity contribution is -0.128. The van der Waals surface area contributed by atoms with Crippen molar-refractivity contribution in [2.75, 3.05) is 0 Å². The number of fused-ring (bicyclic) bond motifs is 1. The van der Waals surface area contributed by atoms with Crippen LogP contribution in [0.4, 0.5) is 0 Å². The van der Waals surface area contributed by atoms with E-state index in [0.717, 1.165) is 16.5 Å². The average Bonchev–Trinajstić information content (AvgIpc) is 3.10. The number of pyridine rings is 1. The molecule has 0 fully saturated rings. The molecule has 0 bridgehead atoms. The van der Waals surface area contributed by atoms with E-state index in [1.807, 2.05) is 27.7 Å². The van der Waals surface area contributed by atoms with E-state index < -0.39 is 17.9 Å². The molecule has 1 unspecified atom stereocenters. The van der Waals surface area contributed by atoms with E-state index in [9.17, 15) is 9.59 Å². The van der Waals surface area contributed by atoms with Crippen molar-refractivity contribution in [3.63, 3.8) is 0 Å². The highest BCUT2D eigenvalue weighted by atomic mass is 35.5. The predicted octanol–water partition coefficient (Wildman–Crippen LogP) is 3.82. The fourth-order valence-corrected chi connectivity index (χ4v) is 3.60. The van der Waals surface area contributed by atoms with Gasteiger partial charge in [-0.15, -0.1) is 0 Å². The quantitative estimate of drug-likeness (QED) is 0.584. The Morgan fingerprint density at radius 1 is 1.06 bits per heavy atom. The number of ether oxygens (including phenoxy) is 1. The molecule has 0 aliphatic heterocycles. The van der Waals surface area contributed by atoms with Crippen molar-refractivity contribution in [3.05, 3.63) is 51.8 Å². The number of aromatic nitrogens is 3. The Morgan fingerprint density at radius 2 is 1.71 bits per heavy atom. The summed E-state index contributed by atoms with van der Waals surface area (Å²) in [5, 5.41) is 5.68. The van der Waals surface area contributed by atoms with Gasteiger partial charge < -0.3 is 4.74 Å². The molecule has 1 atom stereocenters. The SMILES string of the molecule is Cc1cc(Cl)cc(C)c1OC(C)C(=O)NNC(=O)c1cc2cnn(C(C)C)c2nc1C. The standard InChI is InChI=1S/C22H26ClN5O3/c1-11(2)28-20-16(10-24-28)9-18(14(5)25-20)22(30)27-26-21(29)15(6)31-19-12(3)7-17(23)8-13(19)4/h7-11,15H,1-6H3,(H,26,29)(H,27,30). The van der Waals surface area contributed by atoms with Crippen LogP contribution in [0.15, 0.2) is 24.4 Å². The van der Waals surface area contributed by atoms with Gasteiger partial charge in [0.25, 0.3) is 11.8 Å². The molecular formula is C22H26ClN5O3. The maximum Gasteiger partial charge on any atom is 0.279 e. The molecule has 31 heavy (non-hydrogen) atoms. The fraction of sp³-hybridized carbons (Fsp3) is 0.364. The van der Waals surface area contributed by atoms with Gasteiger partial charge in [0.15, 0.2) is 11.8 Å². The zero-order chi connectivity index (χ0) is 22.9. The first kappa shape index (κ1) is 22.6. The Balaban J connectivity index is 1.67. The van der Waals surface area contributed by atoms with Crippen LogP contribution < -0.4 is 15.6 Å². The van der Waals surface area contributed by atoms with Crippen molar-refractivity contribution in [2.45, 2.75) is 53.7 Å². The van der Waals surface area contributed by atoms with Crippen LogP contribution in [0.3, 0.4) is 0 Å². The number of nitrogens with zero attached hydrogens (tertiary/aromatic N) is 3. The van der Waals surface area contributed by atoms with Crippen LogP contribution in [0.25, 0.3) is 11.0 Å². The van der Waals surface area contributed by atoms with Crippen molar-refractivity contribution < 1.29 is 14.3 Å². The second-order valence-electron chi connectivity index (χ2n) is 7.79. The van der Waals surface area contributed by atoms with Gasteiger partial charge in [0, 0.05) is 16.5 Å². The molecule has 164 valence electrons. The van der Waals surface area contributed by atoms with E-state index in [1.54, 1.807) is 42.9 Å². The van der Waals surface area contributed by atoms with Crippen LogP contribution in [0.5, 0.6) is 5.75 Å². The molecule has 3 aromatic rings. The number of rotatable bonds is 5. The van der Waals surface area contributed by atoms with Gasteiger partial charge in [-0.3, -0.25) is 20.4 Å². The van der Waals surface area contributed by atoms with Crippen LogP contribution in [0.2, 0.25) is 5.02 Å². The molecule has 2 amide bonds. The Bertz CT molecular complexity index is 1130. The number of carbonyl (C=O) groups is 2. The molecule has 0 radical (unpaired) electrons. The van der Waals surface area contributed by atoms with Gasteiger partial charge in [-0.25, -0.2) is 9.67 Å². The Labute approximate surface area is 185 Å². The second kappa shape index (κ2) is 8.93. The predicted molar refractivity (Wildman–Crippen MR) is 119 cm³/mol. The maximum absolute atomic E-state index is 12.6. The van der Waals surface area contributed by atoms with Crippen molar-refractivity contribution in [3.8, 4) is 5.75 Å². The summed E-state index contributed by atoms with van der Waals surface area (Å²) in [4.78, 5) is 29.6. The minimum atomic E-state index is -0.829. The van der Waals surface area contributed by atoms with E-state index in [4.69, 9.17) is 16.3 Å². The molecule has 0 aliphatic carbocycles. The summed E-state index contributed by atoms with van der Waals surface area (Å²) in [5.74, 6) is -0.365. The fourth-order valence-electron chi connectivity index (χ4n) is 3.27. The Kier molecular flexibility index (Phi) is 6.50. The molecule has 0 spiro atoms. The summed E-state index contributed by atoms with van der Waals surface area (Å²) in [7, 11) is 0. The lowest BCUT2D eigenvalue weighted by atomic mass is 10.1. The number of nitrogens with one attached hydrogen (secondary N) is 2. The number of hydrazine groups is 1. The lowest BCUT2D eigenvalue weighted by Crippen LogP contribution is -2.47. The van der Waals surface area contributed by atoms with Gasteiger partial charge in [-0.05, 0) is 70.9 Å². The summed E-state index contributed by atoms with van der Waals surface area (Å²) in [6.07, 6.45) is 0.842. The molecule has 0 saturated carbocycles. The van der Waals surface area contributed by atoms with E-state index in [2.05, 4.69) is 20.9 Å². The van der Waals surface area contributed by atoms with E-state index in [0.29, 0.717) is 27.7 Å². The monoisotopic (exact) mass is 443 g/mol. The van der Waals surface area contributed by atoms with Gasteiger partial charge in [0.1, 0.15) is 5.75 Å². The highest BCUT2D eigenvalue weighted by Crippen LogP contribution is 2.28. The third kappa shape index (κ3) is 4.80. The first-order valence-corrected chi connectivity index (χ1v) is 10.3. The van der Waals surface area contributed by atoms with Gasteiger partial charge in [0.05, 0.1) is 17.5 Å². The topological polar surface area (TPSA) is 98.1 Å². The first-order valence-electron chi connectivity index (χ1n) is 9.97. The molecule has 3 rings (SSSR count). The van der Waals surface area contributed by atoms with Crippen molar-refractivity contribution >= 4 is 34.4 Å². The van der Waals surface area contributed by atoms with E-state index in [1.165, 1.54) is 0 Å². The summed E-state index contributed by atoms with van der Waals surface area (Å²) >= 11 is 6.04. The molecule has 0 aliphatic rings. The highest BCUT2D eigenvalue weighted by molar-refractivity contribution is 6.30. The maximum atomic E-state index is 12.6. The second-order valence-corrected chi connectivity index (χ2v) is 8.23. The van der Waals surface area contributed by atoms with Gasteiger partial charge in [-0.2, -0.15) is 5.10 Å². The van der Waals surface area contributed by atoms with Gasteiger partial charge in [0.2, 0.25) is 0 Å². The number of amides is 2.